The first kappa shape index (κ1) is 14.3. The molecule has 1 atom stereocenters. The van der Waals surface area contributed by atoms with E-state index in [-0.39, 0.29) is 17.7 Å². The minimum Gasteiger partial charge on any atom is -0.278 e. The Morgan fingerprint density at radius 3 is 2.47 bits per heavy atom. The number of amides is 2. The molecule has 4 heteroatoms. The fourth-order valence-electron chi connectivity index (χ4n) is 2.31. The van der Waals surface area contributed by atoms with Gasteiger partial charge in [0.05, 0.1) is 12.0 Å². The first-order valence-corrected chi connectivity index (χ1v) is 7.24. The predicted molar refractivity (Wildman–Crippen MR) is 77.3 cm³/mol. The third-order valence-electron chi connectivity index (χ3n) is 4.11. The molecule has 1 aliphatic rings. The summed E-state index contributed by atoms with van der Waals surface area (Å²) < 4.78 is 0.925. The number of imide groups is 1. The van der Waals surface area contributed by atoms with Gasteiger partial charge in [-0.25, -0.2) is 0 Å². The third-order valence-corrected chi connectivity index (χ3v) is 4.89. The minimum atomic E-state index is -0.557. The Bertz CT molecular complexity index is 527. The van der Waals surface area contributed by atoms with Crippen molar-refractivity contribution in [1.29, 1.82) is 0 Å². The number of hydrogen-bond acceptors (Lipinski definition) is 2. The van der Waals surface area contributed by atoms with Crippen LogP contribution >= 0.6 is 15.9 Å². The van der Waals surface area contributed by atoms with E-state index in [0.29, 0.717) is 13.0 Å². The van der Waals surface area contributed by atoms with E-state index in [2.05, 4.69) is 15.9 Å². The number of halogens is 1. The van der Waals surface area contributed by atoms with Crippen LogP contribution in [0.3, 0.4) is 0 Å². The first-order valence-electron chi connectivity index (χ1n) is 6.44. The van der Waals surface area contributed by atoms with Gasteiger partial charge in [-0.1, -0.05) is 48.0 Å². The smallest absolute Gasteiger partial charge is 0.236 e. The van der Waals surface area contributed by atoms with Crippen molar-refractivity contribution in [2.45, 2.75) is 33.7 Å². The standard InChI is InChI=1S/C15H18BrNO2/c1-10(2)15(3)8-13(18)17(14(15)19)9-11-6-4-5-7-12(11)16/h4-7,10H,8-9H2,1-3H3. The monoisotopic (exact) mass is 323 g/mol. The predicted octanol–water partition coefficient (Wildman–Crippen LogP) is 3.37. The van der Waals surface area contributed by atoms with Gasteiger partial charge >= 0.3 is 0 Å². The quantitative estimate of drug-likeness (QED) is 0.800. The summed E-state index contributed by atoms with van der Waals surface area (Å²) in [6, 6.07) is 7.67. The van der Waals surface area contributed by atoms with Gasteiger partial charge in [-0.05, 0) is 24.5 Å². The average Bonchev–Trinajstić information content (AvgIpc) is 2.57. The Hall–Kier alpha value is -1.16. The van der Waals surface area contributed by atoms with Crippen LogP contribution in [0.25, 0.3) is 0 Å². The van der Waals surface area contributed by atoms with E-state index in [0.717, 1.165) is 10.0 Å². The largest absolute Gasteiger partial charge is 0.278 e. The van der Waals surface area contributed by atoms with Crippen LogP contribution in [0.1, 0.15) is 32.8 Å². The molecule has 3 nitrogen and oxygen atoms in total. The van der Waals surface area contributed by atoms with E-state index in [4.69, 9.17) is 0 Å². The molecule has 0 bridgehead atoms. The van der Waals surface area contributed by atoms with Crippen molar-refractivity contribution in [3.63, 3.8) is 0 Å². The molecule has 102 valence electrons. The molecule has 1 heterocycles. The van der Waals surface area contributed by atoms with Crippen molar-refractivity contribution >= 4 is 27.7 Å². The molecule has 0 aliphatic carbocycles. The molecule has 1 aromatic carbocycles. The zero-order valence-electron chi connectivity index (χ0n) is 11.4. The Morgan fingerprint density at radius 2 is 1.95 bits per heavy atom. The number of benzene rings is 1. The second-order valence-corrected chi connectivity index (χ2v) is 6.48. The normalized spacial score (nSPS) is 23.5. The molecule has 2 rings (SSSR count). The van der Waals surface area contributed by atoms with Gasteiger partial charge in [0, 0.05) is 10.9 Å². The maximum atomic E-state index is 12.5. The molecular weight excluding hydrogens is 306 g/mol. The van der Waals surface area contributed by atoms with Crippen molar-refractivity contribution < 1.29 is 9.59 Å². The van der Waals surface area contributed by atoms with Gasteiger partial charge < -0.3 is 0 Å². The topological polar surface area (TPSA) is 37.4 Å². The van der Waals surface area contributed by atoms with Crippen LogP contribution < -0.4 is 0 Å². The number of likely N-dealkylation sites (tertiary alicyclic amines) is 1. The number of carbonyl (C=O) groups excluding carboxylic acids is 2. The van der Waals surface area contributed by atoms with E-state index in [1.54, 1.807) is 0 Å². The fourth-order valence-corrected chi connectivity index (χ4v) is 2.72. The Morgan fingerprint density at radius 1 is 1.32 bits per heavy atom. The zero-order valence-corrected chi connectivity index (χ0v) is 13.0. The van der Waals surface area contributed by atoms with Crippen LogP contribution in [0.2, 0.25) is 0 Å². The second kappa shape index (κ2) is 5.08. The van der Waals surface area contributed by atoms with E-state index in [9.17, 15) is 9.59 Å². The summed E-state index contributed by atoms with van der Waals surface area (Å²) in [5, 5.41) is 0. The molecule has 1 fully saturated rings. The van der Waals surface area contributed by atoms with Crippen molar-refractivity contribution in [3.05, 3.63) is 34.3 Å². The molecule has 0 N–H and O–H groups in total. The lowest BCUT2D eigenvalue weighted by molar-refractivity contribution is -0.142. The number of hydrogen-bond donors (Lipinski definition) is 0. The molecule has 0 saturated carbocycles. The third kappa shape index (κ3) is 2.46. The van der Waals surface area contributed by atoms with Crippen molar-refractivity contribution in [1.82, 2.24) is 4.90 Å². The van der Waals surface area contributed by atoms with E-state index >= 15 is 0 Å². The maximum absolute atomic E-state index is 12.5. The Labute approximate surface area is 122 Å². The van der Waals surface area contributed by atoms with Crippen LogP contribution in [-0.4, -0.2) is 16.7 Å². The lowest BCUT2D eigenvalue weighted by Gasteiger charge is -2.26. The summed E-state index contributed by atoms with van der Waals surface area (Å²) in [7, 11) is 0. The summed E-state index contributed by atoms with van der Waals surface area (Å²) in [5.74, 6) is 0.0355. The van der Waals surface area contributed by atoms with Gasteiger partial charge in [0.2, 0.25) is 11.8 Å². The molecule has 2 amide bonds. The highest BCUT2D eigenvalue weighted by atomic mass is 79.9. The highest BCUT2D eigenvalue weighted by Crippen LogP contribution is 2.40. The molecule has 1 saturated heterocycles. The van der Waals surface area contributed by atoms with E-state index in [1.807, 2.05) is 45.0 Å². The molecule has 19 heavy (non-hydrogen) atoms. The van der Waals surface area contributed by atoms with Gasteiger partial charge in [-0.2, -0.15) is 0 Å². The number of nitrogens with zero attached hydrogens (tertiary/aromatic N) is 1. The van der Waals surface area contributed by atoms with Crippen LogP contribution in [0.4, 0.5) is 0 Å². The number of rotatable bonds is 3. The average molecular weight is 324 g/mol. The maximum Gasteiger partial charge on any atom is 0.236 e. The minimum absolute atomic E-state index is 0.0525. The van der Waals surface area contributed by atoms with Gasteiger partial charge in [-0.15, -0.1) is 0 Å². The summed E-state index contributed by atoms with van der Waals surface area (Å²) in [6.07, 6.45) is 0.313. The van der Waals surface area contributed by atoms with Gasteiger partial charge in [0.1, 0.15) is 0 Å². The van der Waals surface area contributed by atoms with Crippen LogP contribution in [-0.2, 0) is 16.1 Å². The van der Waals surface area contributed by atoms with E-state index < -0.39 is 5.41 Å². The van der Waals surface area contributed by atoms with E-state index in [1.165, 1.54) is 4.90 Å². The molecule has 1 unspecified atom stereocenters. The van der Waals surface area contributed by atoms with Gasteiger partial charge in [0.25, 0.3) is 0 Å². The highest BCUT2D eigenvalue weighted by Gasteiger charge is 2.49. The Balaban J connectivity index is 2.25. The van der Waals surface area contributed by atoms with Crippen LogP contribution in [0.5, 0.6) is 0 Å². The van der Waals surface area contributed by atoms with Crippen molar-refractivity contribution in [2.75, 3.05) is 0 Å². The first-order chi connectivity index (χ1) is 8.86. The molecule has 0 spiro atoms. The van der Waals surface area contributed by atoms with Crippen LogP contribution in [0.15, 0.2) is 28.7 Å². The summed E-state index contributed by atoms with van der Waals surface area (Å²) in [4.78, 5) is 26.0. The van der Waals surface area contributed by atoms with Crippen molar-refractivity contribution in [2.24, 2.45) is 11.3 Å². The zero-order chi connectivity index (χ0) is 14.2. The SMILES string of the molecule is CC(C)C1(C)CC(=O)N(Cc2ccccc2Br)C1=O. The second-order valence-electron chi connectivity index (χ2n) is 5.63. The lowest BCUT2D eigenvalue weighted by atomic mass is 9.78. The molecule has 1 aromatic rings. The molecule has 0 radical (unpaired) electrons. The molecule has 1 aliphatic heterocycles. The Kier molecular flexibility index (Phi) is 3.81. The van der Waals surface area contributed by atoms with Gasteiger partial charge in [0.15, 0.2) is 0 Å². The summed E-state index contributed by atoms with van der Waals surface area (Å²) in [5.41, 5.74) is 0.399. The lowest BCUT2D eigenvalue weighted by Crippen LogP contribution is -2.36. The highest BCUT2D eigenvalue weighted by molar-refractivity contribution is 9.10. The van der Waals surface area contributed by atoms with Crippen LogP contribution in [0, 0.1) is 11.3 Å². The van der Waals surface area contributed by atoms with Crippen molar-refractivity contribution in [3.8, 4) is 0 Å². The molecular formula is C15H18BrNO2. The molecule has 0 aromatic heterocycles. The number of carbonyl (C=O) groups is 2. The summed E-state index contributed by atoms with van der Waals surface area (Å²) >= 11 is 3.45. The van der Waals surface area contributed by atoms with Gasteiger partial charge in [-0.3, -0.25) is 14.5 Å². The summed E-state index contributed by atoms with van der Waals surface area (Å²) in [6.45, 7) is 6.22. The fraction of sp³-hybridized carbons (Fsp3) is 0.467.